The number of carbonyl (C=O) groups is 1. The fourth-order valence-electron chi connectivity index (χ4n) is 4.94. The van der Waals surface area contributed by atoms with E-state index in [1.807, 2.05) is 4.90 Å². The van der Waals surface area contributed by atoms with Gasteiger partial charge in [-0.2, -0.15) is 4.31 Å². The first-order valence-electron chi connectivity index (χ1n) is 13.2. The summed E-state index contributed by atoms with van der Waals surface area (Å²) in [6.07, 6.45) is 3.90. The molecule has 1 amide bonds. The highest BCUT2D eigenvalue weighted by molar-refractivity contribution is 7.91. The van der Waals surface area contributed by atoms with Crippen molar-refractivity contribution in [3.63, 3.8) is 0 Å². The molecule has 14 nitrogen and oxygen atoms in total. The van der Waals surface area contributed by atoms with Gasteiger partial charge in [0.25, 0.3) is 15.9 Å². The predicted octanol–water partition coefficient (Wildman–Crippen LogP) is 1.17. The molecule has 16 heteroatoms. The quantitative estimate of drug-likeness (QED) is 0.201. The highest BCUT2D eigenvalue weighted by Crippen LogP contribution is 2.38. The Morgan fingerprint density at radius 2 is 1.74 bits per heavy atom. The molecule has 0 saturated carbocycles. The van der Waals surface area contributed by atoms with Crippen LogP contribution in [0.4, 0.5) is 17.5 Å². The van der Waals surface area contributed by atoms with Gasteiger partial charge in [-0.05, 0) is 12.1 Å². The van der Waals surface area contributed by atoms with Crippen molar-refractivity contribution < 1.29 is 17.9 Å². The number of carbonyl (C=O) groups excluding carboxylic acids is 1. The molecule has 0 aliphatic carbocycles. The fraction of sp³-hybridized carbons (Fsp3) is 0.308. The van der Waals surface area contributed by atoms with Crippen molar-refractivity contribution in [3.8, 4) is 11.4 Å². The smallest absolute Gasteiger partial charge is 0.252 e. The summed E-state index contributed by atoms with van der Waals surface area (Å²) >= 11 is 1.15. The highest BCUT2D eigenvalue weighted by Gasteiger charge is 2.32. The molecule has 2 aliphatic rings. The van der Waals surface area contributed by atoms with Crippen molar-refractivity contribution in [1.82, 2.24) is 24.2 Å². The van der Waals surface area contributed by atoms with Gasteiger partial charge in [-0.15, -0.1) is 11.3 Å². The molecule has 0 radical (unpaired) electrons. The molecular formula is C26H28N10O4S2. The van der Waals surface area contributed by atoms with Crippen molar-refractivity contribution in [2.45, 2.75) is 4.21 Å². The minimum Gasteiger partial charge on any atom is -0.398 e. The summed E-state index contributed by atoms with van der Waals surface area (Å²) in [6.45, 7) is 3.49. The zero-order valence-electron chi connectivity index (χ0n) is 22.4. The molecule has 4 aromatic rings. The third kappa shape index (κ3) is 5.13. The fourth-order valence-corrected chi connectivity index (χ4v) is 7.93. The van der Waals surface area contributed by atoms with Crippen LogP contribution in [-0.2, 0) is 14.8 Å². The average Bonchev–Trinajstić information content (AvgIpc) is 3.46. The Morgan fingerprint density at radius 3 is 2.40 bits per heavy atom. The van der Waals surface area contributed by atoms with Crippen LogP contribution in [0.2, 0.25) is 0 Å². The molecule has 1 aromatic carbocycles. The number of hydrogen-bond acceptors (Lipinski definition) is 13. The molecule has 0 atom stereocenters. The number of sulfonamides is 1. The second-order valence-corrected chi connectivity index (χ2v) is 12.9. The largest absolute Gasteiger partial charge is 0.398 e. The Kier molecular flexibility index (Phi) is 7.44. The van der Waals surface area contributed by atoms with Gasteiger partial charge in [0, 0.05) is 74.7 Å². The molecule has 218 valence electrons. The summed E-state index contributed by atoms with van der Waals surface area (Å²) in [5, 5.41) is 7.88. The van der Waals surface area contributed by atoms with E-state index in [1.54, 1.807) is 24.3 Å². The van der Waals surface area contributed by atoms with E-state index in [2.05, 4.69) is 14.9 Å². The maximum atomic E-state index is 13.8. The number of thiophene rings is 1. The van der Waals surface area contributed by atoms with Gasteiger partial charge in [0.2, 0.25) is 5.95 Å². The van der Waals surface area contributed by atoms with Crippen LogP contribution in [-0.4, -0.2) is 97.3 Å². The van der Waals surface area contributed by atoms with Crippen LogP contribution in [0.1, 0.15) is 15.9 Å². The molecule has 0 spiro atoms. The number of ether oxygens (including phenoxy) is 1. The molecular weight excluding hydrogens is 580 g/mol. The Bertz CT molecular complexity index is 1760. The van der Waals surface area contributed by atoms with Gasteiger partial charge >= 0.3 is 0 Å². The number of nitrogens with zero attached hydrogens (tertiary/aromatic N) is 7. The first-order chi connectivity index (χ1) is 20.3. The number of nitrogens with two attached hydrogens (primary N) is 2. The maximum Gasteiger partial charge on any atom is 0.252 e. The Labute approximate surface area is 245 Å². The average molecular weight is 609 g/mol. The van der Waals surface area contributed by atoms with E-state index in [-0.39, 0.29) is 22.9 Å². The summed E-state index contributed by atoms with van der Waals surface area (Å²) < 4.78 is 35.4. The standard InChI is InChI=1S/C26H28N10O4S2/c27-13-18-17(2-1-3-19(18)28)24-32-20-12-21(41-22(20)25(33-24)34-8-10-40-11-9-34)42(38,39)36-6-4-35(5-7-36)26-30-14-16(15-31-26)23(29)37/h1-3,12-15,27H,4-11,28H2,(H2,29,37). The monoisotopic (exact) mass is 608 g/mol. The van der Waals surface area contributed by atoms with Gasteiger partial charge in [-0.1, -0.05) is 12.1 Å². The lowest BCUT2D eigenvalue weighted by Crippen LogP contribution is -2.49. The van der Waals surface area contributed by atoms with Crippen LogP contribution in [0.15, 0.2) is 40.9 Å². The van der Waals surface area contributed by atoms with Crippen molar-refractivity contribution in [1.29, 1.82) is 5.41 Å². The summed E-state index contributed by atoms with van der Waals surface area (Å²) in [6, 6.07) is 6.89. The van der Waals surface area contributed by atoms with E-state index in [1.165, 1.54) is 22.9 Å². The van der Waals surface area contributed by atoms with Gasteiger partial charge < -0.3 is 31.4 Å². The maximum absolute atomic E-state index is 13.8. The molecule has 42 heavy (non-hydrogen) atoms. The second kappa shape index (κ2) is 11.2. The first kappa shape index (κ1) is 27.9. The SMILES string of the molecule is N=Cc1c(N)cccc1-c1nc(N2CCOCC2)c2sc(S(=O)(=O)N3CCN(c4ncc(C(N)=O)cn4)CC3)cc2n1. The van der Waals surface area contributed by atoms with E-state index in [0.29, 0.717) is 84.0 Å². The van der Waals surface area contributed by atoms with Crippen LogP contribution >= 0.6 is 11.3 Å². The van der Waals surface area contributed by atoms with E-state index in [4.69, 9.17) is 31.6 Å². The van der Waals surface area contributed by atoms with Gasteiger partial charge in [-0.25, -0.2) is 28.4 Å². The minimum absolute atomic E-state index is 0.175. The van der Waals surface area contributed by atoms with E-state index < -0.39 is 15.9 Å². The number of primary amides is 1. The highest BCUT2D eigenvalue weighted by atomic mass is 32.2. The Morgan fingerprint density at radius 1 is 1.02 bits per heavy atom. The third-order valence-corrected chi connectivity index (χ3v) is 10.7. The number of anilines is 3. The summed E-state index contributed by atoms with van der Waals surface area (Å²) in [5.41, 5.74) is 13.6. The van der Waals surface area contributed by atoms with E-state index >= 15 is 0 Å². The van der Waals surface area contributed by atoms with E-state index in [0.717, 1.165) is 11.3 Å². The number of morpholine rings is 1. The van der Waals surface area contributed by atoms with Gasteiger partial charge in [-0.3, -0.25) is 4.79 Å². The van der Waals surface area contributed by atoms with Crippen molar-refractivity contribution in [2.24, 2.45) is 5.73 Å². The second-order valence-electron chi connectivity index (χ2n) is 9.73. The number of benzene rings is 1. The van der Waals surface area contributed by atoms with Crippen LogP contribution in [0.3, 0.4) is 0 Å². The summed E-state index contributed by atoms with van der Waals surface area (Å²) in [4.78, 5) is 33.3. The molecule has 6 rings (SSSR count). The molecule has 2 fully saturated rings. The van der Waals surface area contributed by atoms with Crippen LogP contribution in [0, 0.1) is 5.41 Å². The van der Waals surface area contributed by atoms with Gasteiger partial charge in [0.15, 0.2) is 11.6 Å². The van der Waals surface area contributed by atoms with Crippen molar-refractivity contribution >= 4 is 61.2 Å². The Balaban J connectivity index is 1.32. The number of rotatable bonds is 7. The van der Waals surface area contributed by atoms with Crippen molar-refractivity contribution in [3.05, 3.63) is 47.8 Å². The predicted molar refractivity (Wildman–Crippen MR) is 160 cm³/mol. The number of nitrogen functional groups attached to an aromatic ring is 1. The number of nitrogens with one attached hydrogen (secondary N) is 1. The number of piperazine rings is 1. The third-order valence-electron chi connectivity index (χ3n) is 7.21. The minimum atomic E-state index is -3.84. The van der Waals surface area contributed by atoms with Gasteiger partial charge in [0.05, 0.1) is 29.0 Å². The molecule has 0 unspecified atom stereocenters. The molecule has 5 heterocycles. The number of aromatic nitrogens is 4. The summed E-state index contributed by atoms with van der Waals surface area (Å²) in [7, 11) is -3.84. The lowest BCUT2D eigenvalue weighted by molar-refractivity contribution is 0.0999. The van der Waals surface area contributed by atoms with E-state index in [9.17, 15) is 13.2 Å². The molecule has 2 aliphatic heterocycles. The lowest BCUT2D eigenvalue weighted by Gasteiger charge is -2.33. The molecule has 2 saturated heterocycles. The molecule has 3 aromatic heterocycles. The normalized spacial score (nSPS) is 16.6. The Hall–Kier alpha value is -4.25. The zero-order chi connectivity index (χ0) is 29.4. The first-order valence-corrected chi connectivity index (χ1v) is 15.4. The van der Waals surface area contributed by atoms with Gasteiger partial charge in [0.1, 0.15) is 4.21 Å². The summed E-state index contributed by atoms with van der Waals surface area (Å²) in [5.74, 6) is 0.789. The van der Waals surface area contributed by atoms with Crippen LogP contribution < -0.4 is 21.3 Å². The number of hydrogen-bond donors (Lipinski definition) is 3. The topological polar surface area (TPSA) is 198 Å². The van der Waals surface area contributed by atoms with Crippen LogP contribution in [0.25, 0.3) is 21.6 Å². The lowest BCUT2D eigenvalue weighted by atomic mass is 10.1. The molecule has 0 bridgehead atoms. The number of fused-ring (bicyclic) bond motifs is 1. The van der Waals surface area contributed by atoms with Crippen molar-refractivity contribution in [2.75, 3.05) is 68.0 Å². The number of amides is 1. The molecule has 5 N–H and O–H groups in total. The van der Waals surface area contributed by atoms with Crippen LogP contribution in [0.5, 0.6) is 0 Å². The zero-order valence-corrected chi connectivity index (χ0v) is 24.1.